The second-order valence-corrected chi connectivity index (χ2v) is 8.28. The molecule has 0 bridgehead atoms. The second kappa shape index (κ2) is 14.0. The number of carboxylic acids is 1. The lowest BCUT2D eigenvalue weighted by atomic mass is 9.98. The first kappa shape index (κ1) is 29.8. The molecule has 0 aromatic carbocycles. The van der Waals surface area contributed by atoms with E-state index in [1.54, 1.807) is 20.8 Å². The highest BCUT2D eigenvalue weighted by molar-refractivity contribution is 5.96. The Balaban J connectivity index is 5.62. The molecule has 0 fully saturated rings. The third-order valence-corrected chi connectivity index (χ3v) is 5.14. The van der Waals surface area contributed by atoms with Gasteiger partial charge >= 0.3 is 5.97 Å². The monoisotopic (exact) mass is 472 g/mol. The number of nitrogens with two attached hydrogens (primary N) is 3. The van der Waals surface area contributed by atoms with Crippen LogP contribution in [0.15, 0.2) is 0 Å². The minimum atomic E-state index is -1.51. The van der Waals surface area contributed by atoms with Crippen LogP contribution in [-0.4, -0.2) is 64.8 Å². The summed E-state index contributed by atoms with van der Waals surface area (Å²) in [5, 5.41) is 16.2. The van der Waals surface area contributed by atoms with E-state index in [1.807, 2.05) is 6.92 Å². The lowest BCUT2D eigenvalue weighted by Gasteiger charge is -2.26. The van der Waals surface area contributed by atoms with Crippen molar-refractivity contribution in [2.45, 2.75) is 77.5 Å². The van der Waals surface area contributed by atoms with Gasteiger partial charge in [0.1, 0.15) is 18.1 Å². The molecular weight excluding hydrogens is 436 g/mol. The Labute approximate surface area is 192 Å². The smallest absolute Gasteiger partial charge is 0.326 e. The molecule has 33 heavy (non-hydrogen) atoms. The standard InChI is InChI=1S/C20H36N6O7/c1-5-10(4)15(23)19(31)24-11(6-7-13(21)27)17(29)25-12(8-14(22)28)18(30)26-16(9(2)3)20(32)33/h9-12,15-16H,5-8,23H2,1-4H3,(H2,21,27)(H2,22,28)(H,24,31)(H,25,29)(H,26,30)(H,32,33). The fourth-order valence-corrected chi connectivity index (χ4v) is 2.79. The third-order valence-electron chi connectivity index (χ3n) is 5.14. The zero-order valence-electron chi connectivity index (χ0n) is 19.4. The van der Waals surface area contributed by atoms with Gasteiger partial charge in [-0.3, -0.25) is 24.0 Å². The Bertz CT molecular complexity index is 742. The first-order chi connectivity index (χ1) is 15.2. The highest BCUT2D eigenvalue weighted by Gasteiger charge is 2.32. The van der Waals surface area contributed by atoms with E-state index in [-0.39, 0.29) is 18.8 Å². The molecule has 5 unspecified atom stereocenters. The number of amides is 5. The third kappa shape index (κ3) is 10.8. The number of rotatable bonds is 15. The van der Waals surface area contributed by atoms with Gasteiger partial charge in [0, 0.05) is 6.42 Å². The molecule has 10 N–H and O–H groups in total. The molecule has 0 aliphatic carbocycles. The minimum Gasteiger partial charge on any atom is -0.480 e. The molecule has 0 aliphatic heterocycles. The maximum Gasteiger partial charge on any atom is 0.326 e. The van der Waals surface area contributed by atoms with Crippen LogP contribution in [0, 0.1) is 11.8 Å². The van der Waals surface area contributed by atoms with Crippen LogP contribution in [0.1, 0.15) is 53.4 Å². The van der Waals surface area contributed by atoms with Gasteiger partial charge in [0.25, 0.3) is 0 Å². The SMILES string of the molecule is CCC(C)C(N)C(=O)NC(CCC(N)=O)C(=O)NC(CC(N)=O)C(=O)NC(C(=O)O)C(C)C. The van der Waals surface area contributed by atoms with Crippen molar-refractivity contribution in [3.63, 3.8) is 0 Å². The van der Waals surface area contributed by atoms with E-state index in [0.717, 1.165) is 0 Å². The van der Waals surface area contributed by atoms with Gasteiger partial charge in [0.2, 0.25) is 29.5 Å². The van der Waals surface area contributed by atoms with Crippen LogP contribution in [0.25, 0.3) is 0 Å². The van der Waals surface area contributed by atoms with Gasteiger partial charge in [-0.2, -0.15) is 0 Å². The predicted octanol–water partition coefficient (Wildman–Crippen LogP) is -2.30. The highest BCUT2D eigenvalue weighted by Crippen LogP contribution is 2.08. The maximum atomic E-state index is 12.8. The van der Waals surface area contributed by atoms with Gasteiger partial charge in [-0.1, -0.05) is 34.1 Å². The molecule has 188 valence electrons. The van der Waals surface area contributed by atoms with Crippen molar-refractivity contribution in [3.05, 3.63) is 0 Å². The number of carbonyl (C=O) groups excluding carboxylic acids is 5. The number of carboxylic acid groups (broad SMARTS) is 1. The summed E-state index contributed by atoms with van der Waals surface area (Å²) in [5.74, 6) is -6.10. The van der Waals surface area contributed by atoms with Gasteiger partial charge in [-0.15, -0.1) is 0 Å². The number of nitrogens with one attached hydrogen (secondary N) is 3. The summed E-state index contributed by atoms with van der Waals surface area (Å²) in [5.41, 5.74) is 16.2. The zero-order valence-corrected chi connectivity index (χ0v) is 19.4. The van der Waals surface area contributed by atoms with E-state index in [0.29, 0.717) is 6.42 Å². The van der Waals surface area contributed by atoms with Crippen molar-refractivity contribution in [1.29, 1.82) is 0 Å². The molecule has 0 heterocycles. The molecular formula is C20H36N6O7. The number of primary amides is 2. The summed E-state index contributed by atoms with van der Waals surface area (Å²) < 4.78 is 0. The van der Waals surface area contributed by atoms with Gasteiger partial charge in [-0.25, -0.2) is 4.79 Å². The van der Waals surface area contributed by atoms with E-state index in [2.05, 4.69) is 16.0 Å². The zero-order chi connectivity index (χ0) is 25.9. The Morgan fingerprint density at radius 1 is 0.818 bits per heavy atom. The Kier molecular flexibility index (Phi) is 12.7. The quantitative estimate of drug-likeness (QED) is 0.136. The largest absolute Gasteiger partial charge is 0.480 e. The lowest BCUT2D eigenvalue weighted by molar-refractivity contribution is -0.143. The molecule has 0 saturated carbocycles. The summed E-state index contributed by atoms with van der Waals surface area (Å²) in [6.07, 6.45) is -0.452. The number of hydrogen-bond donors (Lipinski definition) is 7. The number of aliphatic carboxylic acids is 1. The normalized spacial score (nSPS) is 15.5. The number of carbonyl (C=O) groups is 6. The summed E-state index contributed by atoms with van der Waals surface area (Å²) in [6, 6.07) is -5.00. The van der Waals surface area contributed by atoms with Crippen LogP contribution < -0.4 is 33.2 Å². The van der Waals surface area contributed by atoms with Crippen molar-refractivity contribution in [1.82, 2.24) is 16.0 Å². The average Bonchev–Trinajstić information content (AvgIpc) is 2.71. The van der Waals surface area contributed by atoms with Gasteiger partial charge in [0.05, 0.1) is 12.5 Å². The van der Waals surface area contributed by atoms with Gasteiger partial charge < -0.3 is 38.3 Å². The average molecular weight is 473 g/mol. The van der Waals surface area contributed by atoms with Crippen molar-refractivity contribution in [3.8, 4) is 0 Å². The van der Waals surface area contributed by atoms with E-state index >= 15 is 0 Å². The summed E-state index contributed by atoms with van der Waals surface area (Å²) in [4.78, 5) is 71.9. The molecule has 13 nitrogen and oxygen atoms in total. The Hall–Kier alpha value is -3.22. The molecule has 0 spiro atoms. The van der Waals surface area contributed by atoms with Crippen LogP contribution in [0.3, 0.4) is 0 Å². The highest BCUT2D eigenvalue weighted by atomic mass is 16.4. The lowest BCUT2D eigenvalue weighted by Crippen LogP contribution is -2.58. The van der Waals surface area contributed by atoms with E-state index in [4.69, 9.17) is 17.2 Å². The van der Waals surface area contributed by atoms with Crippen molar-refractivity contribution in [2.75, 3.05) is 0 Å². The molecule has 0 radical (unpaired) electrons. The second-order valence-electron chi connectivity index (χ2n) is 8.28. The summed E-state index contributed by atoms with van der Waals surface area (Å²) in [6.45, 7) is 6.72. The van der Waals surface area contributed by atoms with Crippen LogP contribution in [0.2, 0.25) is 0 Å². The fraction of sp³-hybridized carbons (Fsp3) is 0.700. The van der Waals surface area contributed by atoms with E-state index in [9.17, 15) is 33.9 Å². The molecule has 0 rings (SSSR count). The molecule has 13 heteroatoms. The molecule has 0 aromatic rings. The molecule has 0 aliphatic rings. The molecule has 0 aromatic heterocycles. The van der Waals surface area contributed by atoms with Crippen LogP contribution in [-0.2, 0) is 28.8 Å². The van der Waals surface area contributed by atoms with Gasteiger partial charge in [0.15, 0.2) is 0 Å². The first-order valence-corrected chi connectivity index (χ1v) is 10.7. The van der Waals surface area contributed by atoms with Crippen molar-refractivity contribution in [2.24, 2.45) is 29.0 Å². The minimum absolute atomic E-state index is 0.186. The first-order valence-electron chi connectivity index (χ1n) is 10.7. The topological polar surface area (TPSA) is 237 Å². The fourth-order valence-electron chi connectivity index (χ4n) is 2.79. The molecule has 5 atom stereocenters. The van der Waals surface area contributed by atoms with E-state index < -0.39 is 72.0 Å². The molecule has 0 saturated heterocycles. The van der Waals surface area contributed by atoms with Crippen molar-refractivity contribution < 1.29 is 33.9 Å². The van der Waals surface area contributed by atoms with Crippen LogP contribution >= 0.6 is 0 Å². The number of hydrogen-bond acceptors (Lipinski definition) is 7. The maximum absolute atomic E-state index is 12.8. The molecule has 5 amide bonds. The summed E-state index contributed by atoms with van der Waals surface area (Å²) >= 11 is 0. The van der Waals surface area contributed by atoms with E-state index in [1.165, 1.54) is 0 Å². The predicted molar refractivity (Wildman–Crippen MR) is 118 cm³/mol. The van der Waals surface area contributed by atoms with Gasteiger partial charge in [-0.05, 0) is 18.3 Å². The Morgan fingerprint density at radius 2 is 1.33 bits per heavy atom. The summed E-state index contributed by atoms with van der Waals surface area (Å²) in [7, 11) is 0. The van der Waals surface area contributed by atoms with Crippen molar-refractivity contribution >= 4 is 35.5 Å². The Morgan fingerprint density at radius 3 is 1.76 bits per heavy atom. The van der Waals surface area contributed by atoms with Crippen LogP contribution in [0.5, 0.6) is 0 Å². The van der Waals surface area contributed by atoms with Crippen LogP contribution in [0.4, 0.5) is 0 Å².